The van der Waals surface area contributed by atoms with Crippen LogP contribution in [0.4, 0.5) is 5.69 Å². The van der Waals surface area contributed by atoms with Crippen molar-refractivity contribution in [3.05, 3.63) is 29.8 Å². The highest BCUT2D eigenvalue weighted by atomic mass is 32.2. The van der Waals surface area contributed by atoms with Crippen molar-refractivity contribution >= 4 is 15.7 Å². The van der Waals surface area contributed by atoms with Crippen LogP contribution in [-0.2, 0) is 16.4 Å². The minimum absolute atomic E-state index is 0.656. The number of hydrogen-bond acceptors (Lipinski definition) is 3. The third-order valence-electron chi connectivity index (χ3n) is 3.21. The lowest BCUT2D eigenvalue weighted by Crippen LogP contribution is -2.28. The standard InChI is InChI=1S/C13H20N2O2S/c1-18(16,17)15-13-4-2-3-12(10-13)9-11-5-7-14-8-6-11/h2-4,10-11,14-15H,5-9H2,1H3. The molecule has 2 N–H and O–H groups in total. The molecule has 4 nitrogen and oxygen atoms in total. The fourth-order valence-corrected chi connectivity index (χ4v) is 2.95. The van der Waals surface area contributed by atoms with Crippen LogP contribution in [0.2, 0.25) is 0 Å². The Morgan fingerprint density at radius 3 is 2.72 bits per heavy atom. The lowest BCUT2D eigenvalue weighted by atomic mass is 9.91. The van der Waals surface area contributed by atoms with Crippen LogP contribution in [0.3, 0.4) is 0 Å². The molecule has 1 saturated heterocycles. The summed E-state index contributed by atoms with van der Waals surface area (Å²) in [6, 6.07) is 7.69. The van der Waals surface area contributed by atoms with Crippen LogP contribution in [0.5, 0.6) is 0 Å². The Morgan fingerprint density at radius 2 is 2.06 bits per heavy atom. The number of anilines is 1. The van der Waals surface area contributed by atoms with Crippen molar-refractivity contribution in [3.8, 4) is 0 Å². The molecule has 1 heterocycles. The number of piperidine rings is 1. The zero-order valence-corrected chi connectivity index (χ0v) is 11.5. The fourth-order valence-electron chi connectivity index (χ4n) is 2.40. The van der Waals surface area contributed by atoms with Crippen LogP contribution >= 0.6 is 0 Å². The topological polar surface area (TPSA) is 58.2 Å². The molecule has 0 radical (unpaired) electrons. The molecule has 0 amide bonds. The van der Waals surface area contributed by atoms with Gasteiger partial charge < -0.3 is 5.32 Å². The van der Waals surface area contributed by atoms with Crippen molar-refractivity contribution in [3.63, 3.8) is 0 Å². The molecule has 1 aromatic carbocycles. The van der Waals surface area contributed by atoms with E-state index >= 15 is 0 Å². The molecule has 0 aromatic heterocycles. The molecule has 0 saturated carbocycles. The van der Waals surface area contributed by atoms with Gasteiger partial charge in [0.2, 0.25) is 10.0 Å². The summed E-state index contributed by atoms with van der Waals surface area (Å²) in [6.07, 6.45) is 4.60. The molecule has 18 heavy (non-hydrogen) atoms. The molecule has 0 atom stereocenters. The van der Waals surface area contributed by atoms with E-state index in [4.69, 9.17) is 0 Å². The highest BCUT2D eigenvalue weighted by molar-refractivity contribution is 7.92. The summed E-state index contributed by atoms with van der Waals surface area (Å²) in [5.41, 5.74) is 1.86. The van der Waals surface area contributed by atoms with Gasteiger partial charge in [0, 0.05) is 5.69 Å². The molecule has 0 spiro atoms. The van der Waals surface area contributed by atoms with E-state index in [2.05, 4.69) is 16.1 Å². The lowest BCUT2D eigenvalue weighted by Gasteiger charge is -2.22. The zero-order chi connectivity index (χ0) is 13.0. The van der Waals surface area contributed by atoms with Gasteiger partial charge in [-0.1, -0.05) is 12.1 Å². The average Bonchev–Trinajstić information content (AvgIpc) is 2.28. The SMILES string of the molecule is CS(=O)(=O)Nc1cccc(CC2CCNCC2)c1. The van der Waals surface area contributed by atoms with E-state index in [9.17, 15) is 8.42 Å². The molecular weight excluding hydrogens is 248 g/mol. The van der Waals surface area contributed by atoms with E-state index in [1.807, 2.05) is 12.1 Å². The van der Waals surface area contributed by atoms with Gasteiger partial charge in [0.1, 0.15) is 0 Å². The van der Waals surface area contributed by atoms with Crippen LogP contribution in [0.15, 0.2) is 24.3 Å². The highest BCUT2D eigenvalue weighted by Gasteiger charge is 2.13. The van der Waals surface area contributed by atoms with Gasteiger partial charge in [-0.25, -0.2) is 8.42 Å². The number of hydrogen-bond donors (Lipinski definition) is 2. The largest absolute Gasteiger partial charge is 0.317 e. The predicted molar refractivity (Wildman–Crippen MR) is 74.2 cm³/mol. The van der Waals surface area contributed by atoms with Crippen LogP contribution in [0.1, 0.15) is 18.4 Å². The summed E-state index contributed by atoms with van der Waals surface area (Å²) in [4.78, 5) is 0. The van der Waals surface area contributed by atoms with Gasteiger partial charge in [0.05, 0.1) is 6.26 Å². The van der Waals surface area contributed by atoms with Crippen molar-refractivity contribution < 1.29 is 8.42 Å². The molecule has 2 rings (SSSR count). The molecule has 0 aliphatic carbocycles. The third-order valence-corrected chi connectivity index (χ3v) is 3.82. The first kappa shape index (κ1) is 13.4. The van der Waals surface area contributed by atoms with Gasteiger partial charge in [-0.2, -0.15) is 0 Å². The van der Waals surface area contributed by atoms with Crippen LogP contribution in [0, 0.1) is 5.92 Å². The lowest BCUT2D eigenvalue weighted by molar-refractivity contribution is 0.373. The Kier molecular flexibility index (Phi) is 4.24. The van der Waals surface area contributed by atoms with E-state index in [1.165, 1.54) is 24.7 Å². The summed E-state index contributed by atoms with van der Waals surface area (Å²) in [5, 5.41) is 3.35. The number of nitrogens with one attached hydrogen (secondary N) is 2. The second-order valence-electron chi connectivity index (χ2n) is 4.97. The van der Waals surface area contributed by atoms with Crippen molar-refractivity contribution in [2.45, 2.75) is 19.3 Å². The molecular formula is C13H20N2O2S. The van der Waals surface area contributed by atoms with Crippen molar-refractivity contribution in [2.75, 3.05) is 24.1 Å². The second kappa shape index (κ2) is 5.71. The van der Waals surface area contributed by atoms with Gasteiger partial charge in [-0.3, -0.25) is 4.72 Å². The monoisotopic (exact) mass is 268 g/mol. The molecule has 5 heteroatoms. The smallest absolute Gasteiger partial charge is 0.229 e. The van der Waals surface area contributed by atoms with E-state index in [-0.39, 0.29) is 0 Å². The van der Waals surface area contributed by atoms with Gasteiger partial charge in [-0.05, 0) is 56.0 Å². The van der Waals surface area contributed by atoms with Gasteiger partial charge in [0.15, 0.2) is 0 Å². The molecule has 0 bridgehead atoms. The van der Waals surface area contributed by atoms with Gasteiger partial charge >= 0.3 is 0 Å². The normalized spacial score (nSPS) is 17.6. The van der Waals surface area contributed by atoms with E-state index in [0.29, 0.717) is 11.6 Å². The van der Waals surface area contributed by atoms with Crippen LogP contribution in [0.25, 0.3) is 0 Å². The Hall–Kier alpha value is -1.07. The van der Waals surface area contributed by atoms with E-state index in [0.717, 1.165) is 19.5 Å². The fraction of sp³-hybridized carbons (Fsp3) is 0.538. The number of sulfonamides is 1. The van der Waals surface area contributed by atoms with Gasteiger partial charge in [-0.15, -0.1) is 0 Å². The van der Waals surface area contributed by atoms with E-state index < -0.39 is 10.0 Å². The first-order valence-corrected chi connectivity index (χ1v) is 8.19. The van der Waals surface area contributed by atoms with Crippen LogP contribution in [-0.4, -0.2) is 27.8 Å². The van der Waals surface area contributed by atoms with Crippen molar-refractivity contribution in [1.29, 1.82) is 0 Å². The maximum atomic E-state index is 11.2. The Morgan fingerprint density at radius 1 is 1.33 bits per heavy atom. The van der Waals surface area contributed by atoms with Gasteiger partial charge in [0.25, 0.3) is 0 Å². The average molecular weight is 268 g/mol. The predicted octanol–water partition coefficient (Wildman–Crippen LogP) is 1.60. The third kappa shape index (κ3) is 4.31. The molecule has 1 fully saturated rings. The summed E-state index contributed by atoms with van der Waals surface area (Å²) < 4.78 is 24.9. The summed E-state index contributed by atoms with van der Waals surface area (Å²) in [6.45, 7) is 2.18. The quantitative estimate of drug-likeness (QED) is 0.872. The number of benzene rings is 1. The van der Waals surface area contributed by atoms with Crippen molar-refractivity contribution in [1.82, 2.24) is 5.32 Å². The minimum Gasteiger partial charge on any atom is -0.317 e. The minimum atomic E-state index is -3.19. The summed E-state index contributed by atoms with van der Waals surface area (Å²) in [5.74, 6) is 0.708. The maximum absolute atomic E-state index is 11.2. The second-order valence-corrected chi connectivity index (χ2v) is 6.72. The molecule has 100 valence electrons. The Balaban J connectivity index is 2.02. The molecule has 1 aliphatic heterocycles. The first-order chi connectivity index (χ1) is 8.53. The first-order valence-electron chi connectivity index (χ1n) is 6.30. The Bertz CT molecular complexity index is 493. The summed E-state index contributed by atoms with van der Waals surface area (Å²) >= 11 is 0. The van der Waals surface area contributed by atoms with Crippen molar-refractivity contribution in [2.24, 2.45) is 5.92 Å². The van der Waals surface area contributed by atoms with Crippen LogP contribution < -0.4 is 10.0 Å². The zero-order valence-electron chi connectivity index (χ0n) is 10.6. The molecule has 1 aliphatic rings. The highest BCUT2D eigenvalue weighted by Crippen LogP contribution is 2.20. The number of rotatable bonds is 4. The molecule has 0 unspecified atom stereocenters. The van der Waals surface area contributed by atoms with E-state index in [1.54, 1.807) is 6.07 Å². The maximum Gasteiger partial charge on any atom is 0.229 e. The summed E-state index contributed by atoms with van der Waals surface area (Å²) in [7, 11) is -3.19. The molecule has 1 aromatic rings. The Labute approximate surface area is 109 Å².